The first-order chi connectivity index (χ1) is 8.41. The fourth-order valence-electron chi connectivity index (χ4n) is 1.43. The Morgan fingerprint density at radius 2 is 1.67 bits per heavy atom. The predicted molar refractivity (Wildman–Crippen MR) is 76.8 cm³/mol. The van der Waals surface area contributed by atoms with Crippen LogP contribution in [-0.4, -0.2) is 0 Å². The molecule has 7 heteroatoms. The molecule has 1 heterocycles. The van der Waals surface area contributed by atoms with Gasteiger partial charge in [0.25, 0.3) is 0 Å². The highest BCUT2D eigenvalue weighted by atomic mass is 79.9. The number of benzene rings is 1. The van der Waals surface area contributed by atoms with Crippen LogP contribution in [0.1, 0.15) is 16.0 Å². The van der Waals surface area contributed by atoms with E-state index in [1.807, 2.05) is 0 Å². The highest BCUT2D eigenvalue weighted by Gasteiger charge is 2.23. The average Bonchev–Trinajstić information content (AvgIpc) is 2.65. The van der Waals surface area contributed by atoms with Crippen molar-refractivity contribution in [2.24, 2.45) is 0 Å². The van der Waals surface area contributed by atoms with E-state index in [4.69, 9.17) is 0 Å². The topological polar surface area (TPSA) is 0 Å². The predicted octanol–water partition coefficient (Wildman–Crippen LogP) is 6.17. The second kappa shape index (κ2) is 5.64. The van der Waals surface area contributed by atoms with E-state index in [2.05, 4.69) is 47.8 Å². The van der Waals surface area contributed by atoms with Crippen molar-refractivity contribution in [1.82, 2.24) is 0 Å². The molecule has 0 saturated heterocycles. The van der Waals surface area contributed by atoms with Crippen molar-refractivity contribution in [2.75, 3.05) is 0 Å². The Bertz CT molecular complexity index is 597. The molecule has 0 spiro atoms. The lowest BCUT2D eigenvalue weighted by Crippen LogP contribution is -2.01. The third-order valence-electron chi connectivity index (χ3n) is 2.29. The monoisotopic (exact) mass is 462 g/mol. The molecule has 0 aliphatic heterocycles. The Morgan fingerprint density at radius 3 is 2.22 bits per heavy atom. The number of hydrogen-bond acceptors (Lipinski definition) is 1. The lowest BCUT2D eigenvalue weighted by atomic mass is 10.1. The van der Waals surface area contributed by atoms with Crippen molar-refractivity contribution in [2.45, 2.75) is 4.83 Å². The normalized spacial score (nSPS) is 12.8. The standard InChI is InChI=1S/C11H4Br3F3S/c12-7-3-5(11(14)18-7)8(13)4-1-2-6(15)10(17)9(4)16/h1-3,8H. The summed E-state index contributed by atoms with van der Waals surface area (Å²) in [7, 11) is 0. The Kier molecular flexibility index (Phi) is 4.57. The third kappa shape index (κ3) is 2.69. The van der Waals surface area contributed by atoms with Crippen molar-refractivity contribution < 1.29 is 13.2 Å². The van der Waals surface area contributed by atoms with Gasteiger partial charge in [-0.25, -0.2) is 13.2 Å². The Labute approximate surface area is 131 Å². The van der Waals surface area contributed by atoms with Gasteiger partial charge in [0, 0.05) is 5.56 Å². The van der Waals surface area contributed by atoms with Gasteiger partial charge in [-0.15, -0.1) is 11.3 Å². The van der Waals surface area contributed by atoms with E-state index >= 15 is 0 Å². The molecule has 0 radical (unpaired) electrons. The fourth-order valence-corrected chi connectivity index (χ4v) is 5.51. The molecule has 2 rings (SSSR count). The minimum atomic E-state index is -1.46. The van der Waals surface area contributed by atoms with Gasteiger partial charge >= 0.3 is 0 Å². The van der Waals surface area contributed by atoms with Crippen molar-refractivity contribution >= 4 is 59.1 Å². The van der Waals surface area contributed by atoms with Gasteiger partial charge < -0.3 is 0 Å². The van der Waals surface area contributed by atoms with Crippen LogP contribution in [0.25, 0.3) is 0 Å². The van der Waals surface area contributed by atoms with Crippen LogP contribution in [0.15, 0.2) is 25.8 Å². The summed E-state index contributed by atoms with van der Waals surface area (Å²) in [5.74, 6) is -3.82. The summed E-state index contributed by atoms with van der Waals surface area (Å²) in [6, 6.07) is 3.93. The van der Waals surface area contributed by atoms with E-state index in [0.717, 1.165) is 19.2 Å². The lowest BCUT2D eigenvalue weighted by molar-refractivity contribution is 0.442. The van der Waals surface area contributed by atoms with Crippen LogP contribution in [0.5, 0.6) is 0 Å². The van der Waals surface area contributed by atoms with Gasteiger partial charge in [-0.3, -0.25) is 0 Å². The van der Waals surface area contributed by atoms with Crippen LogP contribution < -0.4 is 0 Å². The Balaban J connectivity index is 2.49. The molecule has 0 amide bonds. The molecule has 1 aromatic carbocycles. The molecule has 18 heavy (non-hydrogen) atoms. The van der Waals surface area contributed by atoms with Gasteiger partial charge in [-0.1, -0.05) is 22.0 Å². The van der Waals surface area contributed by atoms with Gasteiger partial charge in [0.1, 0.15) is 0 Å². The molecule has 0 aliphatic rings. The SMILES string of the molecule is Fc1ccc(C(Br)c2cc(Br)sc2Br)c(F)c1F. The Morgan fingerprint density at radius 1 is 1.00 bits per heavy atom. The maximum absolute atomic E-state index is 13.7. The average molecular weight is 465 g/mol. The molecule has 1 unspecified atom stereocenters. The first-order valence-electron chi connectivity index (χ1n) is 4.64. The van der Waals surface area contributed by atoms with Crippen LogP contribution in [0.3, 0.4) is 0 Å². The summed E-state index contributed by atoms with van der Waals surface area (Å²) in [6.07, 6.45) is 0. The van der Waals surface area contributed by atoms with Crippen LogP contribution in [0.2, 0.25) is 0 Å². The molecule has 0 fully saturated rings. The zero-order valence-corrected chi connectivity index (χ0v) is 14.1. The number of thiophene rings is 1. The molecule has 0 N–H and O–H groups in total. The molecule has 0 nitrogen and oxygen atoms in total. The summed E-state index contributed by atoms with van der Waals surface area (Å²) in [4.78, 5) is -0.551. The highest BCUT2D eigenvalue weighted by Crippen LogP contribution is 2.42. The maximum atomic E-state index is 13.7. The molecular formula is C11H4Br3F3S. The molecular weight excluding hydrogens is 461 g/mol. The van der Waals surface area contributed by atoms with Crippen LogP contribution in [0, 0.1) is 17.5 Å². The van der Waals surface area contributed by atoms with E-state index in [-0.39, 0.29) is 5.56 Å². The molecule has 1 atom stereocenters. The van der Waals surface area contributed by atoms with Gasteiger partial charge in [0.15, 0.2) is 17.5 Å². The van der Waals surface area contributed by atoms with Gasteiger partial charge in [-0.2, -0.15) is 0 Å². The number of halogens is 6. The first-order valence-corrected chi connectivity index (χ1v) is 7.95. The molecule has 0 bridgehead atoms. The second-order valence-electron chi connectivity index (χ2n) is 3.41. The van der Waals surface area contributed by atoms with Gasteiger partial charge in [0.2, 0.25) is 0 Å². The summed E-state index contributed by atoms with van der Waals surface area (Å²) >= 11 is 11.4. The first kappa shape index (κ1) is 14.6. The van der Waals surface area contributed by atoms with Crippen LogP contribution >= 0.6 is 59.1 Å². The van der Waals surface area contributed by atoms with E-state index in [9.17, 15) is 13.2 Å². The minimum absolute atomic E-state index is 0.0555. The molecule has 1 aromatic heterocycles. The zero-order chi connectivity index (χ0) is 13.4. The quantitative estimate of drug-likeness (QED) is 0.368. The Hall–Kier alpha value is 0.150. The van der Waals surface area contributed by atoms with Crippen molar-refractivity contribution in [3.63, 3.8) is 0 Å². The summed E-state index contributed by atoms with van der Waals surface area (Å²) in [5, 5.41) is 0. The number of hydrogen-bond donors (Lipinski definition) is 0. The molecule has 0 aliphatic carbocycles. The summed E-state index contributed by atoms with van der Waals surface area (Å²) < 4.78 is 41.4. The van der Waals surface area contributed by atoms with Crippen molar-refractivity contribution in [3.05, 3.63) is 54.4 Å². The molecule has 96 valence electrons. The summed E-state index contributed by atoms with van der Waals surface area (Å²) in [5.41, 5.74) is 0.802. The van der Waals surface area contributed by atoms with Gasteiger partial charge in [-0.05, 0) is 49.6 Å². The minimum Gasteiger partial charge on any atom is -0.204 e. The maximum Gasteiger partial charge on any atom is 0.194 e. The van der Waals surface area contributed by atoms with E-state index in [1.165, 1.54) is 17.4 Å². The third-order valence-corrected chi connectivity index (χ3v) is 5.67. The number of rotatable bonds is 2. The summed E-state index contributed by atoms with van der Waals surface area (Å²) in [6.45, 7) is 0. The smallest absolute Gasteiger partial charge is 0.194 e. The lowest BCUT2D eigenvalue weighted by Gasteiger charge is -2.11. The second-order valence-corrected chi connectivity index (χ2v) is 8.07. The van der Waals surface area contributed by atoms with E-state index in [0.29, 0.717) is 0 Å². The van der Waals surface area contributed by atoms with Crippen molar-refractivity contribution in [1.29, 1.82) is 0 Å². The van der Waals surface area contributed by atoms with E-state index < -0.39 is 22.3 Å². The van der Waals surface area contributed by atoms with Crippen molar-refractivity contribution in [3.8, 4) is 0 Å². The molecule has 0 saturated carbocycles. The zero-order valence-electron chi connectivity index (χ0n) is 8.49. The van der Waals surface area contributed by atoms with E-state index in [1.54, 1.807) is 6.07 Å². The van der Waals surface area contributed by atoms with Crippen LogP contribution in [-0.2, 0) is 0 Å². The molecule has 2 aromatic rings. The number of alkyl halides is 1. The van der Waals surface area contributed by atoms with Crippen LogP contribution in [0.4, 0.5) is 13.2 Å². The fraction of sp³-hybridized carbons (Fsp3) is 0.0909. The largest absolute Gasteiger partial charge is 0.204 e. The highest BCUT2D eigenvalue weighted by molar-refractivity contribution is 9.12. The van der Waals surface area contributed by atoms with Gasteiger partial charge in [0.05, 0.1) is 12.4 Å².